The molecular formula is C42H36N4O4S2. The fourth-order valence-electron chi connectivity index (χ4n) is 5.25. The van der Waals surface area contributed by atoms with Crippen molar-refractivity contribution in [3.63, 3.8) is 0 Å². The molecule has 3 N–H and O–H groups in total. The highest BCUT2D eigenvalue weighted by atomic mass is 32.2. The summed E-state index contributed by atoms with van der Waals surface area (Å²) < 4.78 is 5.24. The number of amides is 3. The molecule has 3 amide bonds. The van der Waals surface area contributed by atoms with Crippen molar-refractivity contribution in [2.75, 3.05) is 17.7 Å². The van der Waals surface area contributed by atoms with E-state index in [-0.39, 0.29) is 11.6 Å². The number of carbonyl (C=O) groups excluding carboxylic acids is 3. The molecule has 6 aromatic rings. The molecule has 10 heteroatoms. The summed E-state index contributed by atoms with van der Waals surface area (Å²) in [5, 5.41) is 10.7. The van der Waals surface area contributed by atoms with Crippen LogP contribution in [0.2, 0.25) is 0 Å². The molecule has 0 aliphatic heterocycles. The maximum absolute atomic E-state index is 13.7. The molecule has 1 aromatic heterocycles. The highest BCUT2D eigenvalue weighted by Crippen LogP contribution is 2.31. The molecule has 0 aliphatic carbocycles. The minimum atomic E-state index is -0.486. The van der Waals surface area contributed by atoms with E-state index in [9.17, 15) is 14.4 Å². The van der Waals surface area contributed by atoms with Crippen LogP contribution in [0.25, 0.3) is 28.5 Å². The first kappa shape index (κ1) is 35.8. The quantitative estimate of drug-likeness (QED) is 0.0809. The third-order valence-electron chi connectivity index (χ3n) is 8.01. The number of thiazole rings is 1. The van der Waals surface area contributed by atoms with Crippen LogP contribution >= 0.6 is 23.1 Å². The van der Waals surface area contributed by atoms with Crippen LogP contribution in [0.1, 0.15) is 29.3 Å². The molecule has 52 heavy (non-hydrogen) atoms. The van der Waals surface area contributed by atoms with Crippen molar-refractivity contribution in [1.29, 1.82) is 0 Å². The normalized spacial score (nSPS) is 11.7. The lowest BCUT2D eigenvalue weighted by Gasteiger charge is -2.15. The van der Waals surface area contributed by atoms with E-state index in [1.807, 2.05) is 115 Å². The summed E-state index contributed by atoms with van der Waals surface area (Å²) in [5.41, 5.74) is 5.59. The standard InChI is InChI=1S/C42H36N4O4S2/c1-3-38(41(49)46-42-45-37(27-51-42)31-21-23-34(50-2)24-22-31)52-35-16-10-15-33(26-35)43-40(48)36(44-39(47)32-13-8-5-9-14-32)25-28-17-19-30(20-18-28)29-11-6-4-7-12-29/h4-27,38H,3H2,1-2H3,(H,43,48)(H,44,47)(H,45,46,49)/b36-25+. The van der Waals surface area contributed by atoms with Gasteiger partial charge in [-0.3, -0.25) is 14.4 Å². The zero-order chi connectivity index (χ0) is 36.3. The van der Waals surface area contributed by atoms with Crippen LogP contribution in [0.3, 0.4) is 0 Å². The molecule has 1 unspecified atom stereocenters. The molecule has 0 bridgehead atoms. The molecule has 0 saturated heterocycles. The molecule has 0 radical (unpaired) electrons. The maximum atomic E-state index is 13.7. The summed E-state index contributed by atoms with van der Waals surface area (Å²) in [4.78, 5) is 45.6. The van der Waals surface area contributed by atoms with Crippen molar-refractivity contribution in [3.8, 4) is 28.1 Å². The van der Waals surface area contributed by atoms with Crippen LogP contribution < -0.4 is 20.7 Å². The van der Waals surface area contributed by atoms with Gasteiger partial charge in [-0.2, -0.15) is 0 Å². The SMILES string of the molecule is CCC(Sc1cccc(NC(=O)/C(=C\c2ccc(-c3ccccc3)cc2)NC(=O)c2ccccc2)c1)C(=O)Nc1nc(-c2ccc(OC)cc2)cs1. The Morgan fingerprint density at radius 2 is 1.46 bits per heavy atom. The molecule has 0 aliphatic rings. The molecule has 5 aromatic carbocycles. The van der Waals surface area contributed by atoms with E-state index in [1.54, 1.807) is 43.5 Å². The lowest BCUT2D eigenvalue weighted by Crippen LogP contribution is -2.30. The zero-order valence-electron chi connectivity index (χ0n) is 28.5. The molecule has 0 spiro atoms. The van der Waals surface area contributed by atoms with Gasteiger partial charge in [0.05, 0.1) is 18.1 Å². The van der Waals surface area contributed by atoms with Crippen LogP contribution in [-0.2, 0) is 9.59 Å². The van der Waals surface area contributed by atoms with Gasteiger partial charge >= 0.3 is 0 Å². The van der Waals surface area contributed by atoms with Crippen LogP contribution in [0, 0.1) is 0 Å². The fraction of sp³-hybridized carbons (Fsp3) is 0.0952. The van der Waals surface area contributed by atoms with Gasteiger partial charge < -0.3 is 20.7 Å². The summed E-state index contributed by atoms with van der Waals surface area (Å²) in [6, 6.07) is 41.4. The third-order valence-corrected chi connectivity index (χ3v) is 10.1. The number of methoxy groups -OCH3 is 1. The van der Waals surface area contributed by atoms with E-state index in [2.05, 4.69) is 20.9 Å². The number of benzene rings is 5. The van der Waals surface area contributed by atoms with Gasteiger partial charge in [0.25, 0.3) is 11.8 Å². The highest BCUT2D eigenvalue weighted by molar-refractivity contribution is 8.00. The first-order valence-corrected chi connectivity index (χ1v) is 18.4. The summed E-state index contributed by atoms with van der Waals surface area (Å²) in [7, 11) is 1.62. The Hall–Kier alpha value is -5.97. The van der Waals surface area contributed by atoms with Crippen molar-refractivity contribution in [2.24, 2.45) is 0 Å². The summed E-state index contributed by atoms with van der Waals surface area (Å²) >= 11 is 2.76. The second-order valence-corrected chi connectivity index (χ2v) is 13.8. The molecule has 1 heterocycles. The van der Waals surface area contributed by atoms with Gasteiger partial charge in [0.15, 0.2) is 5.13 Å². The highest BCUT2D eigenvalue weighted by Gasteiger charge is 2.21. The summed E-state index contributed by atoms with van der Waals surface area (Å²) in [5.74, 6) is -0.291. The lowest BCUT2D eigenvalue weighted by molar-refractivity contribution is -0.116. The fourth-order valence-corrected chi connectivity index (χ4v) is 6.99. The Kier molecular flexibility index (Phi) is 11.9. The van der Waals surface area contributed by atoms with Gasteiger partial charge in [-0.15, -0.1) is 23.1 Å². The number of hydrogen-bond acceptors (Lipinski definition) is 7. The second-order valence-electron chi connectivity index (χ2n) is 11.6. The Bertz CT molecular complexity index is 2170. The topological polar surface area (TPSA) is 109 Å². The Balaban J connectivity index is 1.15. The van der Waals surface area contributed by atoms with Crippen LogP contribution in [-0.4, -0.2) is 35.1 Å². The van der Waals surface area contributed by atoms with E-state index >= 15 is 0 Å². The van der Waals surface area contributed by atoms with Crippen molar-refractivity contribution in [3.05, 3.63) is 156 Å². The minimum absolute atomic E-state index is 0.0858. The number of thioether (sulfide) groups is 1. The van der Waals surface area contributed by atoms with Crippen LogP contribution in [0.4, 0.5) is 10.8 Å². The largest absolute Gasteiger partial charge is 0.497 e. The first-order valence-electron chi connectivity index (χ1n) is 16.6. The number of nitrogens with zero attached hydrogens (tertiary/aromatic N) is 1. The van der Waals surface area contributed by atoms with E-state index in [1.165, 1.54) is 23.1 Å². The Morgan fingerprint density at radius 3 is 2.15 bits per heavy atom. The molecule has 6 rings (SSSR count). The molecule has 0 saturated carbocycles. The lowest BCUT2D eigenvalue weighted by atomic mass is 10.0. The van der Waals surface area contributed by atoms with Crippen molar-refractivity contribution in [2.45, 2.75) is 23.5 Å². The number of carbonyl (C=O) groups is 3. The monoisotopic (exact) mass is 724 g/mol. The Labute approximate surface area is 311 Å². The molecular weight excluding hydrogens is 689 g/mol. The number of ether oxygens (including phenoxy) is 1. The molecule has 1 atom stereocenters. The average Bonchev–Trinajstić information content (AvgIpc) is 3.66. The van der Waals surface area contributed by atoms with Crippen molar-refractivity contribution >= 4 is 57.7 Å². The number of rotatable bonds is 13. The van der Waals surface area contributed by atoms with Crippen LogP contribution in [0.15, 0.2) is 149 Å². The van der Waals surface area contributed by atoms with Crippen molar-refractivity contribution < 1.29 is 19.1 Å². The average molecular weight is 725 g/mol. The van der Waals surface area contributed by atoms with E-state index in [4.69, 9.17) is 4.74 Å². The molecule has 8 nitrogen and oxygen atoms in total. The number of anilines is 2. The van der Waals surface area contributed by atoms with E-state index in [0.717, 1.165) is 38.6 Å². The summed E-state index contributed by atoms with van der Waals surface area (Å²) in [6.45, 7) is 1.95. The predicted octanol–water partition coefficient (Wildman–Crippen LogP) is 9.40. The van der Waals surface area contributed by atoms with Gasteiger partial charge in [-0.05, 0) is 83.8 Å². The molecule has 260 valence electrons. The van der Waals surface area contributed by atoms with Crippen molar-refractivity contribution in [1.82, 2.24) is 10.3 Å². The number of aromatic nitrogens is 1. The van der Waals surface area contributed by atoms with Gasteiger partial charge in [-0.1, -0.05) is 85.8 Å². The number of hydrogen-bond donors (Lipinski definition) is 3. The minimum Gasteiger partial charge on any atom is -0.497 e. The zero-order valence-corrected chi connectivity index (χ0v) is 30.2. The van der Waals surface area contributed by atoms with Gasteiger partial charge in [0, 0.05) is 27.1 Å². The molecule has 0 fully saturated rings. The van der Waals surface area contributed by atoms with Gasteiger partial charge in [-0.25, -0.2) is 4.98 Å². The maximum Gasteiger partial charge on any atom is 0.272 e. The number of nitrogens with one attached hydrogen (secondary N) is 3. The predicted molar refractivity (Wildman–Crippen MR) is 212 cm³/mol. The van der Waals surface area contributed by atoms with E-state index < -0.39 is 17.1 Å². The summed E-state index contributed by atoms with van der Waals surface area (Å²) in [6.07, 6.45) is 2.23. The van der Waals surface area contributed by atoms with Gasteiger partial charge in [0.2, 0.25) is 5.91 Å². The smallest absolute Gasteiger partial charge is 0.272 e. The van der Waals surface area contributed by atoms with E-state index in [0.29, 0.717) is 22.8 Å². The second kappa shape index (κ2) is 17.3. The first-order chi connectivity index (χ1) is 25.4. The third kappa shape index (κ3) is 9.42. The van der Waals surface area contributed by atoms with Gasteiger partial charge in [0.1, 0.15) is 11.4 Å². The van der Waals surface area contributed by atoms with Crippen LogP contribution in [0.5, 0.6) is 5.75 Å². The Morgan fingerprint density at radius 1 is 0.788 bits per heavy atom.